The van der Waals surface area contributed by atoms with Gasteiger partial charge in [-0.3, -0.25) is 0 Å². The molecule has 0 bridgehead atoms. The van der Waals surface area contributed by atoms with E-state index in [1.165, 1.54) is 0 Å². The lowest BCUT2D eigenvalue weighted by Gasteiger charge is -2.33. The quantitative estimate of drug-likeness (QED) is 0.435. The molecule has 4 nitrogen and oxygen atoms in total. The summed E-state index contributed by atoms with van der Waals surface area (Å²) in [5.41, 5.74) is 5.23. The van der Waals surface area contributed by atoms with Crippen LogP contribution in [0.5, 0.6) is 0 Å². The van der Waals surface area contributed by atoms with Crippen LogP contribution in [0.1, 0.15) is 12.8 Å². The highest BCUT2D eigenvalue weighted by Crippen LogP contribution is 2.20. The third kappa shape index (κ3) is 1.67. The molecule has 0 aromatic carbocycles. The Balaban J connectivity index is 2.38. The average Bonchev–Trinajstić information content (AvgIpc) is 1.96. The predicted octanol–water partition coefficient (Wildman–Crippen LogP) is -1.20. The van der Waals surface area contributed by atoms with Gasteiger partial charge in [-0.15, -0.1) is 0 Å². The summed E-state index contributed by atoms with van der Waals surface area (Å²) in [6.45, 7) is 0.285. The third-order valence-electron chi connectivity index (χ3n) is 1.73. The van der Waals surface area contributed by atoms with Crippen LogP contribution in [0.2, 0.25) is 0 Å². The molecule has 0 aliphatic carbocycles. The molecule has 10 heavy (non-hydrogen) atoms. The van der Waals surface area contributed by atoms with E-state index in [0.717, 1.165) is 0 Å². The average molecular weight is 147 g/mol. The number of aliphatic hydroxyl groups excluding tert-OH is 1. The first kappa shape index (κ1) is 7.94. The number of aliphatic hydroxyl groups is 2. The number of nitrogens with two attached hydrogens (primary N) is 1. The third-order valence-corrected chi connectivity index (χ3v) is 1.73. The molecule has 1 aliphatic rings. The summed E-state index contributed by atoms with van der Waals surface area (Å²) in [7, 11) is 0. The number of rotatable bonds is 1. The largest absolute Gasteiger partial charge is 0.391 e. The van der Waals surface area contributed by atoms with Gasteiger partial charge in [-0.25, -0.2) is 0 Å². The van der Waals surface area contributed by atoms with Crippen LogP contribution in [0.4, 0.5) is 0 Å². The fourth-order valence-corrected chi connectivity index (χ4v) is 0.960. The van der Waals surface area contributed by atoms with Crippen molar-refractivity contribution in [1.82, 2.24) is 0 Å². The molecule has 2 unspecified atom stereocenters. The molecule has 2 atom stereocenters. The van der Waals surface area contributed by atoms with E-state index in [0.29, 0.717) is 12.8 Å². The maximum Gasteiger partial charge on any atom is 0.178 e. The Bertz CT molecular complexity index is 110. The number of hydrogen-bond donors (Lipinski definition) is 3. The molecule has 0 saturated carbocycles. The standard InChI is InChI=1S/C6H13NO3/c7-4-6(9)2-1-5(8)3-10-6/h5,8-9H,1-4,7H2. The number of hydrogen-bond acceptors (Lipinski definition) is 4. The van der Waals surface area contributed by atoms with Gasteiger partial charge in [0.25, 0.3) is 0 Å². The Hall–Kier alpha value is -0.160. The van der Waals surface area contributed by atoms with Gasteiger partial charge in [0.1, 0.15) is 0 Å². The fourth-order valence-electron chi connectivity index (χ4n) is 0.960. The molecule has 1 fully saturated rings. The summed E-state index contributed by atoms with van der Waals surface area (Å²) < 4.78 is 4.91. The van der Waals surface area contributed by atoms with Gasteiger partial charge in [-0.05, 0) is 6.42 Å². The first-order valence-electron chi connectivity index (χ1n) is 3.41. The van der Waals surface area contributed by atoms with E-state index in [1.807, 2.05) is 0 Å². The van der Waals surface area contributed by atoms with Crippen LogP contribution < -0.4 is 5.73 Å². The Kier molecular flexibility index (Phi) is 2.25. The van der Waals surface area contributed by atoms with E-state index in [9.17, 15) is 5.11 Å². The maximum absolute atomic E-state index is 9.34. The summed E-state index contributed by atoms with van der Waals surface area (Å²) in [6, 6.07) is 0. The van der Waals surface area contributed by atoms with Crippen molar-refractivity contribution in [1.29, 1.82) is 0 Å². The predicted molar refractivity (Wildman–Crippen MR) is 35.2 cm³/mol. The van der Waals surface area contributed by atoms with Crippen LogP contribution in [0.15, 0.2) is 0 Å². The molecule has 0 aromatic rings. The van der Waals surface area contributed by atoms with Gasteiger partial charge in [0.15, 0.2) is 5.79 Å². The smallest absolute Gasteiger partial charge is 0.178 e. The van der Waals surface area contributed by atoms with Gasteiger partial charge in [-0.1, -0.05) is 0 Å². The first-order chi connectivity index (χ1) is 4.66. The highest BCUT2D eigenvalue weighted by molar-refractivity contribution is 4.75. The van der Waals surface area contributed by atoms with Crippen LogP contribution in [-0.2, 0) is 4.74 Å². The topological polar surface area (TPSA) is 75.7 Å². The van der Waals surface area contributed by atoms with Crippen LogP contribution in [0.3, 0.4) is 0 Å². The van der Waals surface area contributed by atoms with Crippen LogP contribution in [0, 0.1) is 0 Å². The van der Waals surface area contributed by atoms with Crippen molar-refractivity contribution in [2.24, 2.45) is 5.73 Å². The lowest BCUT2D eigenvalue weighted by Crippen LogP contribution is -2.46. The molecule has 1 aliphatic heterocycles. The van der Waals surface area contributed by atoms with Crippen molar-refractivity contribution in [2.45, 2.75) is 24.7 Å². The zero-order chi connectivity index (χ0) is 7.61. The Morgan fingerprint density at radius 2 is 2.40 bits per heavy atom. The minimum Gasteiger partial charge on any atom is -0.391 e. The van der Waals surface area contributed by atoms with Crippen molar-refractivity contribution in [3.05, 3.63) is 0 Å². The zero-order valence-corrected chi connectivity index (χ0v) is 5.79. The molecule has 0 spiro atoms. The monoisotopic (exact) mass is 147 g/mol. The second-order valence-electron chi connectivity index (χ2n) is 2.65. The number of ether oxygens (including phenoxy) is 1. The molecular weight excluding hydrogens is 134 g/mol. The lowest BCUT2D eigenvalue weighted by molar-refractivity contribution is -0.237. The molecule has 1 rings (SSSR count). The molecule has 0 amide bonds. The molecule has 4 heteroatoms. The minimum absolute atomic E-state index is 0.0969. The van der Waals surface area contributed by atoms with Crippen molar-refractivity contribution in [3.8, 4) is 0 Å². The minimum atomic E-state index is -1.18. The van der Waals surface area contributed by atoms with Crippen LogP contribution in [0.25, 0.3) is 0 Å². The van der Waals surface area contributed by atoms with Crippen LogP contribution >= 0.6 is 0 Å². The van der Waals surface area contributed by atoms with E-state index in [1.54, 1.807) is 0 Å². The maximum atomic E-state index is 9.34. The van der Waals surface area contributed by atoms with E-state index in [4.69, 9.17) is 15.6 Å². The summed E-state index contributed by atoms with van der Waals surface area (Å²) in [6.07, 6.45) is 0.546. The van der Waals surface area contributed by atoms with Gasteiger partial charge in [-0.2, -0.15) is 0 Å². The van der Waals surface area contributed by atoms with E-state index in [-0.39, 0.29) is 13.2 Å². The molecule has 0 aromatic heterocycles. The molecule has 1 saturated heterocycles. The highest BCUT2D eigenvalue weighted by Gasteiger charge is 2.31. The van der Waals surface area contributed by atoms with Crippen molar-refractivity contribution >= 4 is 0 Å². The van der Waals surface area contributed by atoms with E-state index in [2.05, 4.69) is 0 Å². The van der Waals surface area contributed by atoms with Gasteiger partial charge in [0, 0.05) is 13.0 Å². The molecule has 4 N–H and O–H groups in total. The summed E-state index contributed by atoms with van der Waals surface area (Å²) in [5.74, 6) is -1.18. The summed E-state index contributed by atoms with van der Waals surface area (Å²) in [4.78, 5) is 0. The SMILES string of the molecule is NCC1(O)CCC(O)CO1. The highest BCUT2D eigenvalue weighted by atomic mass is 16.6. The molecule has 0 radical (unpaired) electrons. The summed E-state index contributed by atoms with van der Waals surface area (Å²) >= 11 is 0. The van der Waals surface area contributed by atoms with Crippen molar-refractivity contribution < 1.29 is 14.9 Å². The van der Waals surface area contributed by atoms with Crippen molar-refractivity contribution in [3.63, 3.8) is 0 Å². The Morgan fingerprint density at radius 1 is 1.70 bits per heavy atom. The summed E-state index contributed by atoms with van der Waals surface area (Å²) in [5, 5.41) is 18.3. The van der Waals surface area contributed by atoms with Crippen LogP contribution in [-0.4, -0.2) is 35.3 Å². The zero-order valence-electron chi connectivity index (χ0n) is 5.79. The van der Waals surface area contributed by atoms with Gasteiger partial charge >= 0.3 is 0 Å². The fraction of sp³-hybridized carbons (Fsp3) is 1.00. The molecule has 1 heterocycles. The van der Waals surface area contributed by atoms with E-state index < -0.39 is 11.9 Å². The van der Waals surface area contributed by atoms with E-state index >= 15 is 0 Å². The Morgan fingerprint density at radius 3 is 2.80 bits per heavy atom. The second kappa shape index (κ2) is 2.84. The van der Waals surface area contributed by atoms with Gasteiger partial charge in [0.2, 0.25) is 0 Å². The molecule has 60 valence electrons. The Labute approximate surface area is 59.6 Å². The second-order valence-corrected chi connectivity index (χ2v) is 2.65. The van der Waals surface area contributed by atoms with Crippen molar-refractivity contribution in [2.75, 3.05) is 13.2 Å². The first-order valence-corrected chi connectivity index (χ1v) is 3.41. The van der Waals surface area contributed by atoms with Gasteiger partial charge < -0.3 is 20.7 Å². The molecular formula is C6H13NO3. The lowest BCUT2D eigenvalue weighted by atomic mass is 10.0. The van der Waals surface area contributed by atoms with Gasteiger partial charge in [0.05, 0.1) is 12.7 Å². The normalized spacial score (nSPS) is 41.7.